The molecule has 2 aliphatic carbocycles. The summed E-state index contributed by atoms with van der Waals surface area (Å²) in [6.07, 6.45) is 8.66. The Kier molecular flexibility index (Phi) is 5.95. The fraction of sp³-hybridized carbons (Fsp3) is 0.591. The van der Waals surface area contributed by atoms with Crippen LogP contribution in [0.25, 0.3) is 0 Å². The first-order valence-electron chi connectivity index (χ1n) is 9.71. The van der Waals surface area contributed by atoms with E-state index < -0.39 is 0 Å². The zero-order chi connectivity index (χ0) is 17.8. The second-order valence-electron chi connectivity index (χ2n) is 7.54. The monoisotopic (exact) mass is 342 g/mol. The molecule has 1 aromatic rings. The Labute approximate surface area is 151 Å². The zero-order valence-electron chi connectivity index (χ0n) is 15.4. The van der Waals surface area contributed by atoms with E-state index in [2.05, 4.69) is 13.0 Å². The molecular weight excluding hydrogens is 312 g/mol. The molecule has 3 heteroatoms. The lowest BCUT2D eigenvalue weighted by Gasteiger charge is -2.33. The van der Waals surface area contributed by atoms with Crippen molar-refractivity contribution in [1.82, 2.24) is 0 Å². The summed E-state index contributed by atoms with van der Waals surface area (Å²) >= 11 is 0. The number of aliphatic hydroxyl groups excluding tert-OH is 1. The highest BCUT2D eigenvalue weighted by Gasteiger charge is 2.42. The van der Waals surface area contributed by atoms with E-state index in [0.29, 0.717) is 29.9 Å². The molecule has 0 aliphatic heterocycles. The quantitative estimate of drug-likeness (QED) is 0.631. The summed E-state index contributed by atoms with van der Waals surface area (Å²) in [6.45, 7) is 4.45. The van der Waals surface area contributed by atoms with Crippen LogP contribution in [0.5, 0.6) is 0 Å². The van der Waals surface area contributed by atoms with Crippen molar-refractivity contribution < 1.29 is 14.6 Å². The van der Waals surface area contributed by atoms with Crippen molar-refractivity contribution in [2.45, 2.75) is 58.5 Å². The van der Waals surface area contributed by atoms with Gasteiger partial charge in [0.2, 0.25) is 0 Å². The molecule has 0 amide bonds. The van der Waals surface area contributed by atoms with Gasteiger partial charge in [0, 0.05) is 0 Å². The largest absolute Gasteiger partial charge is 0.462 e. The van der Waals surface area contributed by atoms with Gasteiger partial charge in [-0.2, -0.15) is 0 Å². The van der Waals surface area contributed by atoms with E-state index in [9.17, 15) is 9.90 Å². The molecule has 25 heavy (non-hydrogen) atoms. The van der Waals surface area contributed by atoms with Crippen LogP contribution in [0, 0.1) is 17.8 Å². The molecular formula is C22H30O3. The number of aliphatic hydroxyl groups is 1. The van der Waals surface area contributed by atoms with Crippen molar-refractivity contribution in [2.75, 3.05) is 6.61 Å². The predicted octanol–water partition coefficient (Wildman–Crippen LogP) is 4.54. The van der Waals surface area contributed by atoms with Gasteiger partial charge in [0.15, 0.2) is 0 Å². The van der Waals surface area contributed by atoms with Crippen LogP contribution < -0.4 is 0 Å². The molecule has 3 nitrogen and oxygen atoms in total. The number of carbonyl (C=O) groups excluding carboxylic acids is 1. The summed E-state index contributed by atoms with van der Waals surface area (Å²) in [5.41, 5.74) is 3.12. The maximum Gasteiger partial charge on any atom is 0.338 e. The van der Waals surface area contributed by atoms with Crippen LogP contribution in [-0.4, -0.2) is 23.8 Å². The zero-order valence-corrected chi connectivity index (χ0v) is 15.4. The van der Waals surface area contributed by atoms with Crippen molar-refractivity contribution in [3.8, 4) is 0 Å². The molecule has 0 aromatic heterocycles. The van der Waals surface area contributed by atoms with Gasteiger partial charge in [-0.05, 0) is 75.3 Å². The first-order valence-corrected chi connectivity index (χ1v) is 9.71. The molecule has 1 N–H and O–H groups in total. The Morgan fingerprint density at radius 1 is 1.20 bits per heavy atom. The predicted molar refractivity (Wildman–Crippen MR) is 99.4 cm³/mol. The lowest BCUT2D eigenvalue weighted by molar-refractivity contribution is 0.0410. The topological polar surface area (TPSA) is 46.5 Å². The molecule has 4 atom stereocenters. The van der Waals surface area contributed by atoms with Gasteiger partial charge >= 0.3 is 5.97 Å². The fourth-order valence-electron chi connectivity index (χ4n) is 4.86. The number of benzene rings is 1. The van der Waals surface area contributed by atoms with Gasteiger partial charge in [-0.3, -0.25) is 0 Å². The third-order valence-corrected chi connectivity index (χ3v) is 6.15. The molecule has 3 rings (SSSR count). The van der Waals surface area contributed by atoms with Crippen molar-refractivity contribution in [2.24, 2.45) is 17.8 Å². The second-order valence-corrected chi connectivity index (χ2v) is 7.54. The highest BCUT2D eigenvalue weighted by Crippen LogP contribution is 2.48. The second kappa shape index (κ2) is 8.18. The number of allylic oxidation sites excluding steroid dienone is 2. The Morgan fingerprint density at radius 2 is 2.00 bits per heavy atom. The van der Waals surface area contributed by atoms with Crippen molar-refractivity contribution in [3.63, 3.8) is 0 Å². The summed E-state index contributed by atoms with van der Waals surface area (Å²) in [7, 11) is 0. The Balaban J connectivity index is 1.71. The SMILES string of the molecule is CCOC(=O)c1ccccc1C/C=C(\C)[C@H]1CC[C@H]2[C@H]1CCC[C@@H]2O. The Bertz CT molecular complexity index is 634. The average molecular weight is 342 g/mol. The van der Waals surface area contributed by atoms with E-state index in [1.165, 1.54) is 18.4 Å². The number of carbonyl (C=O) groups is 1. The number of hydrogen-bond donors (Lipinski definition) is 1. The number of fused-ring (bicyclic) bond motifs is 1. The number of hydrogen-bond acceptors (Lipinski definition) is 3. The van der Waals surface area contributed by atoms with Crippen LogP contribution in [0.1, 0.15) is 61.9 Å². The van der Waals surface area contributed by atoms with E-state index in [-0.39, 0.29) is 12.1 Å². The fourth-order valence-corrected chi connectivity index (χ4v) is 4.86. The molecule has 0 saturated heterocycles. The highest BCUT2D eigenvalue weighted by molar-refractivity contribution is 5.91. The van der Waals surface area contributed by atoms with E-state index >= 15 is 0 Å². The van der Waals surface area contributed by atoms with Gasteiger partial charge in [0.25, 0.3) is 0 Å². The highest BCUT2D eigenvalue weighted by atomic mass is 16.5. The minimum atomic E-state index is -0.236. The van der Waals surface area contributed by atoms with Crippen LogP contribution >= 0.6 is 0 Å². The van der Waals surface area contributed by atoms with E-state index in [1.807, 2.05) is 31.2 Å². The van der Waals surface area contributed by atoms with Gasteiger partial charge < -0.3 is 9.84 Å². The summed E-state index contributed by atoms with van der Waals surface area (Å²) in [5, 5.41) is 10.3. The van der Waals surface area contributed by atoms with Crippen LogP contribution in [0.2, 0.25) is 0 Å². The summed E-state index contributed by atoms with van der Waals surface area (Å²) in [5.74, 6) is 1.49. The van der Waals surface area contributed by atoms with Gasteiger partial charge in [-0.1, -0.05) is 36.3 Å². The van der Waals surface area contributed by atoms with E-state index in [4.69, 9.17) is 4.74 Å². The first-order chi connectivity index (χ1) is 12.1. The Morgan fingerprint density at radius 3 is 2.80 bits per heavy atom. The van der Waals surface area contributed by atoms with Crippen LogP contribution in [0.15, 0.2) is 35.9 Å². The summed E-state index contributed by atoms with van der Waals surface area (Å²) in [4.78, 5) is 12.1. The number of rotatable bonds is 5. The third kappa shape index (κ3) is 3.98. The van der Waals surface area contributed by atoms with Gasteiger partial charge in [-0.25, -0.2) is 4.79 Å². The molecule has 0 heterocycles. The maximum absolute atomic E-state index is 12.1. The normalized spacial score (nSPS) is 29.3. The lowest BCUT2D eigenvalue weighted by Crippen LogP contribution is -2.31. The van der Waals surface area contributed by atoms with Gasteiger partial charge in [0.05, 0.1) is 18.3 Å². The van der Waals surface area contributed by atoms with Crippen LogP contribution in [-0.2, 0) is 11.2 Å². The first kappa shape index (κ1) is 18.2. The Hall–Kier alpha value is -1.61. The van der Waals surface area contributed by atoms with E-state index in [1.54, 1.807) is 0 Å². The number of ether oxygens (including phenoxy) is 1. The molecule has 0 bridgehead atoms. The molecule has 0 radical (unpaired) electrons. The van der Waals surface area contributed by atoms with Gasteiger partial charge in [0.1, 0.15) is 0 Å². The number of esters is 1. The molecule has 2 fully saturated rings. The van der Waals surface area contributed by atoms with Gasteiger partial charge in [-0.15, -0.1) is 0 Å². The minimum Gasteiger partial charge on any atom is -0.462 e. The molecule has 2 saturated carbocycles. The molecule has 1 aromatic carbocycles. The van der Waals surface area contributed by atoms with Crippen molar-refractivity contribution >= 4 is 5.97 Å². The summed E-state index contributed by atoms with van der Waals surface area (Å²) < 4.78 is 5.17. The minimum absolute atomic E-state index is 0.0962. The molecule has 2 aliphatic rings. The average Bonchev–Trinajstić information content (AvgIpc) is 3.06. The third-order valence-electron chi connectivity index (χ3n) is 6.15. The molecule has 136 valence electrons. The standard InChI is InChI=1S/C22H30O3/c1-3-25-22(24)18-8-5-4-7-16(18)12-11-15(2)17-13-14-20-19(17)9-6-10-21(20)23/h4-5,7-8,11,17,19-21,23H,3,6,9-10,12-14H2,1-2H3/b15-11+/t17-,19+,20+,21+/m1/s1. The lowest BCUT2D eigenvalue weighted by atomic mass is 9.74. The smallest absolute Gasteiger partial charge is 0.338 e. The van der Waals surface area contributed by atoms with Crippen molar-refractivity contribution in [3.05, 3.63) is 47.0 Å². The van der Waals surface area contributed by atoms with Crippen LogP contribution in [0.3, 0.4) is 0 Å². The summed E-state index contributed by atoms with van der Waals surface area (Å²) in [6, 6.07) is 7.72. The molecule has 0 spiro atoms. The van der Waals surface area contributed by atoms with E-state index in [0.717, 1.165) is 31.2 Å². The molecule has 0 unspecified atom stereocenters. The van der Waals surface area contributed by atoms with Crippen LogP contribution in [0.4, 0.5) is 0 Å². The van der Waals surface area contributed by atoms with Crippen molar-refractivity contribution in [1.29, 1.82) is 0 Å². The maximum atomic E-state index is 12.1.